The van der Waals surface area contributed by atoms with Crippen LogP contribution in [0.4, 0.5) is 0 Å². The molecule has 1 aromatic rings. The molecule has 2 fully saturated rings. The van der Waals surface area contributed by atoms with Crippen LogP contribution in [-0.2, 0) is 19.4 Å². The Morgan fingerprint density at radius 2 is 2.12 bits per heavy atom. The molecule has 144 valence electrons. The van der Waals surface area contributed by atoms with Crippen molar-refractivity contribution in [2.75, 3.05) is 30.4 Å². The highest BCUT2D eigenvalue weighted by Gasteiger charge is 2.36. The second kappa shape index (κ2) is 8.31. The first kappa shape index (κ1) is 19.7. The molecular formula is C19H27NO4S2. The normalized spacial score (nSPS) is 24.7. The molecule has 7 heteroatoms. The fraction of sp³-hybridized carbons (Fsp3) is 0.632. The highest BCUT2D eigenvalue weighted by Crippen LogP contribution is 2.26. The maximum Gasteiger partial charge on any atom is 0.233 e. The molecule has 2 heterocycles. The molecule has 2 saturated heterocycles. The Morgan fingerprint density at radius 1 is 1.31 bits per heavy atom. The molecule has 1 aromatic carbocycles. The van der Waals surface area contributed by atoms with Crippen molar-refractivity contribution in [1.29, 1.82) is 0 Å². The maximum absolute atomic E-state index is 12.9. The van der Waals surface area contributed by atoms with Gasteiger partial charge in [0.15, 0.2) is 9.84 Å². The third-order valence-corrected chi connectivity index (χ3v) is 7.99. The molecule has 0 aliphatic carbocycles. The molecule has 0 N–H and O–H groups in total. The van der Waals surface area contributed by atoms with E-state index in [0.29, 0.717) is 18.7 Å². The average Bonchev–Trinajstić information content (AvgIpc) is 3.20. The molecule has 1 amide bonds. The molecule has 2 atom stereocenters. The number of thioether (sulfide) groups is 1. The first-order valence-electron chi connectivity index (χ1n) is 9.15. The first-order chi connectivity index (χ1) is 12.3. The Morgan fingerprint density at radius 3 is 2.73 bits per heavy atom. The van der Waals surface area contributed by atoms with Crippen molar-refractivity contribution in [2.24, 2.45) is 0 Å². The number of aryl methyl sites for hydroxylation is 2. The van der Waals surface area contributed by atoms with Gasteiger partial charge in [-0.05, 0) is 44.7 Å². The van der Waals surface area contributed by atoms with Crippen molar-refractivity contribution in [3.05, 3.63) is 29.3 Å². The summed E-state index contributed by atoms with van der Waals surface area (Å²) in [5.41, 5.74) is 2.37. The highest BCUT2D eigenvalue weighted by molar-refractivity contribution is 8.00. The number of carbonyl (C=O) groups excluding carboxylic acids is 1. The van der Waals surface area contributed by atoms with E-state index in [-0.39, 0.29) is 29.6 Å². The molecule has 5 nitrogen and oxygen atoms in total. The summed E-state index contributed by atoms with van der Waals surface area (Å²) < 4.78 is 29.5. The van der Waals surface area contributed by atoms with Gasteiger partial charge in [-0.3, -0.25) is 4.79 Å². The fourth-order valence-corrected chi connectivity index (χ4v) is 6.29. The molecule has 2 aliphatic rings. The van der Waals surface area contributed by atoms with Crippen LogP contribution in [0.5, 0.6) is 0 Å². The monoisotopic (exact) mass is 397 g/mol. The molecule has 3 rings (SSSR count). The smallest absolute Gasteiger partial charge is 0.233 e. The van der Waals surface area contributed by atoms with E-state index in [1.54, 1.807) is 4.90 Å². The molecule has 0 saturated carbocycles. The summed E-state index contributed by atoms with van der Waals surface area (Å²) in [6.07, 6.45) is 2.52. The van der Waals surface area contributed by atoms with E-state index >= 15 is 0 Å². The van der Waals surface area contributed by atoms with Gasteiger partial charge in [0, 0.05) is 24.1 Å². The van der Waals surface area contributed by atoms with Crippen LogP contribution in [0.15, 0.2) is 23.1 Å². The van der Waals surface area contributed by atoms with E-state index in [1.807, 2.05) is 19.1 Å². The van der Waals surface area contributed by atoms with Gasteiger partial charge in [0.25, 0.3) is 0 Å². The van der Waals surface area contributed by atoms with Crippen LogP contribution in [-0.4, -0.2) is 61.8 Å². The SMILES string of the molecule is Cc1ccc(SCC(=O)N(C[C@H]2CCCO2)[C@H]2CCS(=O)(=O)C2)c(C)c1. The van der Waals surface area contributed by atoms with Crippen LogP contribution in [0.3, 0.4) is 0 Å². The molecule has 0 aromatic heterocycles. The van der Waals surface area contributed by atoms with Gasteiger partial charge in [0.05, 0.1) is 23.4 Å². The average molecular weight is 398 g/mol. The summed E-state index contributed by atoms with van der Waals surface area (Å²) in [7, 11) is -3.03. The summed E-state index contributed by atoms with van der Waals surface area (Å²) in [4.78, 5) is 15.8. The predicted molar refractivity (Wildman–Crippen MR) is 104 cm³/mol. The summed E-state index contributed by atoms with van der Waals surface area (Å²) in [5.74, 6) is 0.594. The molecule has 0 bridgehead atoms. The van der Waals surface area contributed by atoms with E-state index in [0.717, 1.165) is 29.9 Å². The van der Waals surface area contributed by atoms with Gasteiger partial charge in [0.1, 0.15) is 0 Å². The van der Waals surface area contributed by atoms with Crippen LogP contribution in [0.2, 0.25) is 0 Å². The summed E-state index contributed by atoms with van der Waals surface area (Å²) >= 11 is 1.53. The molecule has 2 aliphatic heterocycles. The van der Waals surface area contributed by atoms with E-state index in [1.165, 1.54) is 17.3 Å². The number of hydrogen-bond acceptors (Lipinski definition) is 5. The lowest BCUT2D eigenvalue weighted by molar-refractivity contribution is -0.131. The summed E-state index contributed by atoms with van der Waals surface area (Å²) in [6, 6.07) is 6.00. The maximum atomic E-state index is 12.9. The second-order valence-electron chi connectivity index (χ2n) is 7.30. The van der Waals surface area contributed by atoms with E-state index in [4.69, 9.17) is 4.74 Å². The topological polar surface area (TPSA) is 63.7 Å². The van der Waals surface area contributed by atoms with Crippen molar-refractivity contribution < 1.29 is 17.9 Å². The number of sulfone groups is 1. The zero-order valence-electron chi connectivity index (χ0n) is 15.4. The number of benzene rings is 1. The lowest BCUT2D eigenvalue weighted by atomic mass is 10.1. The van der Waals surface area contributed by atoms with Crippen LogP contribution >= 0.6 is 11.8 Å². The Hall–Kier alpha value is -1.05. The van der Waals surface area contributed by atoms with Crippen LogP contribution in [0.1, 0.15) is 30.4 Å². The van der Waals surface area contributed by atoms with Gasteiger partial charge in [-0.25, -0.2) is 8.42 Å². The number of rotatable bonds is 6. The lowest BCUT2D eigenvalue weighted by Gasteiger charge is -2.30. The third-order valence-electron chi connectivity index (χ3n) is 5.08. The lowest BCUT2D eigenvalue weighted by Crippen LogP contribution is -2.46. The van der Waals surface area contributed by atoms with Crippen molar-refractivity contribution in [2.45, 2.75) is 50.2 Å². The van der Waals surface area contributed by atoms with Crippen molar-refractivity contribution >= 4 is 27.5 Å². The molecule has 0 unspecified atom stereocenters. The van der Waals surface area contributed by atoms with Crippen molar-refractivity contribution in [3.63, 3.8) is 0 Å². The molecule has 0 spiro atoms. The van der Waals surface area contributed by atoms with Gasteiger partial charge >= 0.3 is 0 Å². The quantitative estimate of drug-likeness (QED) is 0.691. The van der Waals surface area contributed by atoms with Gasteiger partial charge in [-0.1, -0.05) is 17.7 Å². The largest absolute Gasteiger partial charge is 0.376 e. The summed E-state index contributed by atoms with van der Waals surface area (Å²) in [6.45, 7) is 5.34. The highest BCUT2D eigenvalue weighted by atomic mass is 32.2. The molecular weight excluding hydrogens is 370 g/mol. The van der Waals surface area contributed by atoms with E-state index in [9.17, 15) is 13.2 Å². The minimum absolute atomic E-state index is 0.00701. The Balaban J connectivity index is 1.67. The second-order valence-corrected chi connectivity index (χ2v) is 10.5. The number of carbonyl (C=O) groups is 1. The molecule has 0 radical (unpaired) electrons. The third kappa shape index (κ3) is 5.02. The zero-order valence-corrected chi connectivity index (χ0v) is 17.1. The van der Waals surface area contributed by atoms with Gasteiger partial charge in [0.2, 0.25) is 5.91 Å². The predicted octanol–water partition coefficient (Wildman–Crippen LogP) is 2.59. The van der Waals surface area contributed by atoms with Crippen LogP contribution in [0.25, 0.3) is 0 Å². The number of amides is 1. The first-order valence-corrected chi connectivity index (χ1v) is 12.0. The standard InChI is InChI=1S/C19H27NO4S2/c1-14-5-6-18(15(2)10-14)25-12-19(21)20(11-17-4-3-8-24-17)16-7-9-26(22,23)13-16/h5-6,10,16-17H,3-4,7-9,11-13H2,1-2H3/t16-,17+/m0/s1. The Kier molecular flexibility index (Phi) is 6.30. The van der Waals surface area contributed by atoms with Gasteiger partial charge in [-0.15, -0.1) is 11.8 Å². The van der Waals surface area contributed by atoms with Gasteiger partial charge < -0.3 is 9.64 Å². The Labute approximate surface area is 160 Å². The fourth-order valence-electron chi connectivity index (χ4n) is 3.67. The minimum Gasteiger partial charge on any atom is -0.376 e. The zero-order chi connectivity index (χ0) is 18.7. The van der Waals surface area contributed by atoms with E-state index < -0.39 is 9.84 Å². The number of ether oxygens (including phenoxy) is 1. The van der Waals surface area contributed by atoms with Crippen LogP contribution in [0, 0.1) is 13.8 Å². The van der Waals surface area contributed by atoms with Crippen LogP contribution < -0.4 is 0 Å². The van der Waals surface area contributed by atoms with Gasteiger partial charge in [-0.2, -0.15) is 0 Å². The summed E-state index contributed by atoms with van der Waals surface area (Å²) in [5, 5.41) is 0. The van der Waals surface area contributed by atoms with Crippen molar-refractivity contribution in [3.8, 4) is 0 Å². The van der Waals surface area contributed by atoms with E-state index in [2.05, 4.69) is 13.0 Å². The van der Waals surface area contributed by atoms with Crippen molar-refractivity contribution in [1.82, 2.24) is 4.90 Å². The number of nitrogens with zero attached hydrogens (tertiary/aromatic N) is 1. The Bertz CT molecular complexity index is 757. The molecule has 26 heavy (non-hydrogen) atoms. The minimum atomic E-state index is -3.03. The number of hydrogen-bond donors (Lipinski definition) is 0.